The molecule has 2 atom stereocenters. The Kier molecular flexibility index (Phi) is 2.97. The second-order valence-corrected chi connectivity index (χ2v) is 6.83. The van der Waals surface area contributed by atoms with E-state index in [1.807, 2.05) is 11.3 Å². The number of nitrogens with zero attached hydrogens (tertiary/aromatic N) is 1. The molecule has 0 amide bonds. The molecule has 2 nitrogen and oxygen atoms in total. The third-order valence-electron chi connectivity index (χ3n) is 4.82. The number of rotatable bonds is 1. The monoisotopic (exact) mass is 272 g/mol. The number of nitrogens with one attached hydrogen (secondary N) is 1. The van der Waals surface area contributed by atoms with Gasteiger partial charge in [0.2, 0.25) is 0 Å². The van der Waals surface area contributed by atoms with E-state index in [0.717, 1.165) is 11.8 Å². The Morgan fingerprint density at radius 2 is 1.84 bits per heavy atom. The Morgan fingerprint density at radius 1 is 1.05 bits per heavy atom. The highest BCUT2D eigenvalue weighted by Crippen LogP contribution is 2.31. The van der Waals surface area contributed by atoms with Gasteiger partial charge in [-0.05, 0) is 72.8 Å². The van der Waals surface area contributed by atoms with Crippen LogP contribution in [0.25, 0.3) is 10.1 Å². The summed E-state index contributed by atoms with van der Waals surface area (Å²) in [5, 5.41) is 7.13. The smallest absolute Gasteiger partial charge is 0.0373 e. The van der Waals surface area contributed by atoms with E-state index in [4.69, 9.17) is 0 Å². The average Bonchev–Trinajstić information content (AvgIpc) is 3.03. The van der Waals surface area contributed by atoms with E-state index in [2.05, 4.69) is 39.9 Å². The summed E-state index contributed by atoms with van der Waals surface area (Å²) in [5.41, 5.74) is 1.42. The van der Waals surface area contributed by atoms with Crippen molar-refractivity contribution >= 4 is 27.1 Å². The summed E-state index contributed by atoms with van der Waals surface area (Å²) in [7, 11) is 0. The van der Waals surface area contributed by atoms with Crippen molar-refractivity contribution in [3.63, 3.8) is 0 Å². The summed E-state index contributed by atoms with van der Waals surface area (Å²) in [4.78, 5) is 2.59. The standard InChI is InChI=1S/C16H20N2S/c1-2-16-12(5-8-19-16)9-15(1)18-6-3-13-10-17-11-14(13)4-7-18/h1-2,5,8-9,13-14,17H,3-4,6-7,10-11H2. The maximum absolute atomic E-state index is 3.55. The van der Waals surface area contributed by atoms with E-state index in [1.165, 1.54) is 54.8 Å². The lowest BCUT2D eigenvalue weighted by Gasteiger charge is -2.23. The fraction of sp³-hybridized carbons (Fsp3) is 0.500. The lowest BCUT2D eigenvalue weighted by Crippen LogP contribution is -2.25. The molecule has 19 heavy (non-hydrogen) atoms. The summed E-state index contributed by atoms with van der Waals surface area (Å²) in [6.07, 6.45) is 2.69. The van der Waals surface area contributed by atoms with E-state index in [9.17, 15) is 0 Å². The van der Waals surface area contributed by atoms with Crippen LogP contribution in [0.5, 0.6) is 0 Å². The van der Waals surface area contributed by atoms with Crippen LogP contribution in [0.3, 0.4) is 0 Å². The molecule has 2 saturated heterocycles. The molecule has 100 valence electrons. The van der Waals surface area contributed by atoms with Crippen LogP contribution in [0.15, 0.2) is 29.6 Å². The fourth-order valence-corrected chi connectivity index (χ4v) is 4.40. The largest absolute Gasteiger partial charge is 0.371 e. The molecule has 0 bridgehead atoms. The molecule has 3 heterocycles. The summed E-state index contributed by atoms with van der Waals surface area (Å²) in [5.74, 6) is 1.82. The van der Waals surface area contributed by atoms with Crippen LogP contribution in [-0.4, -0.2) is 26.2 Å². The first-order valence-electron chi connectivity index (χ1n) is 7.33. The summed E-state index contributed by atoms with van der Waals surface area (Å²) in [6, 6.07) is 9.19. The molecule has 2 fully saturated rings. The van der Waals surface area contributed by atoms with Gasteiger partial charge in [0.1, 0.15) is 0 Å². The average molecular weight is 272 g/mol. The third kappa shape index (κ3) is 2.15. The SMILES string of the molecule is c1cc2cc(N3CCC4CNCC4CC3)ccc2s1. The maximum Gasteiger partial charge on any atom is 0.0373 e. The van der Waals surface area contributed by atoms with Crippen molar-refractivity contribution in [1.82, 2.24) is 5.32 Å². The quantitative estimate of drug-likeness (QED) is 0.856. The minimum absolute atomic E-state index is 0.912. The molecule has 3 heteroatoms. The highest BCUT2D eigenvalue weighted by atomic mass is 32.1. The van der Waals surface area contributed by atoms with Gasteiger partial charge < -0.3 is 10.2 Å². The second-order valence-electron chi connectivity index (χ2n) is 5.89. The van der Waals surface area contributed by atoms with Crippen LogP contribution in [0.1, 0.15) is 12.8 Å². The van der Waals surface area contributed by atoms with E-state index in [0.29, 0.717) is 0 Å². The molecule has 0 saturated carbocycles. The molecule has 0 radical (unpaired) electrons. The molecular weight excluding hydrogens is 252 g/mol. The van der Waals surface area contributed by atoms with Gasteiger partial charge in [0, 0.05) is 23.5 Å². The van der Waals surface area contributed by atoms with Gasteiger partial charge in [0.15, 0.2) is 0 Å². The Hall–Kier alpha value is -1.06. The molecular formula is C16H20N2S. The number of hydrogen-bond donors (Lipinski definition) is 1. The van der Waals surface area contributed by atoms with E-state index >= 15 is 0 Å². The molecule has 1 aromatic carbocycles. The van der Waals surface area contributed by atoms with Crippen molar-refractivity contribution in [3.8, 4) is 0 Å². The van der Waals surface area contributed by atoms with E-state index in [1.54, 1.807) is 0 Å². The summed E-state index contributed by atoms with van der Waals surface area (Å²) >= 11 is 1.83. The lowest BCUT2D eigenvalue weighted by atomic mass is 9.92. The van der Waals surface area contributed by atoms with Crippen LogP contribution in [-0.2, 0) is 0 Å². The highest BCUT2D eigenvalue weighted by molar-refractivity contribution is 7.17. The van der Waals surface area contributed by atoms with Gasteiger partial charge >= 0.3 is 0 Å². The van der Waals surface area contributed by atoms with E-state index in [-0.39, 0.29) is 0 Å². The zero-order chi connectivity index (χ0) is 12.7. The summed E-state index contributed by atoms with van der Waals surface area (Å²) < 4.78 is 1.40. The number of thiophene rings is 1. The maximum atomic E-state index is 3.55. The van der Waals surface area contributed by atoms with E-state index < -0.39 is 0 Å². The van der Waals surface area contributed by atoms with Crippen LogP contribution < -0.4 is 10.2 Å². The molecule has 1 aromatic heterocycles. The van der Waals surface area contributed by atoms with Crippen molar-refractivity contribution < 1.29 is 0 Å². The minimum atomic E-state index is 0.912. The first kappa shape index (κ1) is 11.7. The fourth-order valence-electron chi connectivity index (χ4n) is 3.63. The Balaban J connectivity index is 1.58. The Labute approximate surface area is 118 Å². The summed E-state index contributed by atoms with van der Waals surface area (Å²) in [6.45, 7) is 4.92. The minimum Gasteiger partial charge on any atom is -0.371 e. The Morgan fingerprint density at radius 3 is 2.63 bits per heavy atom. The normalized spacial score (nSPS) is 27.5. The van der Waals surface area contributed by atoms with Crippen molar-refractivity contribution in [2.45, 2.75) is 12.8 Å². The highest BCUT2D eigenvalue weighted by Gasteiger charge is 2.30. The van der Waals surface area contributed by atoms with Gasteiger partial charge in [-0.15, -0.1) is 11.3 Å². The molecule has 2 aliphatic heterocycles. The third-order valence-corrected chi connectivity index (χ3v) is 5.72. The lowest BCUT2D eigenvalue weighted by molar-refractivity contribution is 0.409. The predicted molar refractivity (Wildman–Crippen MR) is 83.1 cm³/mol. The van der Waals surface area contributed by atoms with Crippen LogP contribution >= 0.6 is 11.3 Å². The first-order chi connectivity index (χ1) is 9.40. The number of fused-ring (bicyclic) bond motifs is 2. The zero-order valence-electron chi connectivity index (χ0n) is 11.1. The zero-order valence-corrected chi connectivity index (χ0v) is 12.0. The molecule has 0 aliphatic carbocycles. The molecule has 2 unspecified atom stereocenters. The molecule has 2 aliphatic rings. The molecule has 2 aromatic rings. The topological polar surface area (TPSA) is 15.3 Å². The number of benzene rings is 1. The van der Waals surface area contributed by atoms with Crippen molar-refractivity contribution in [1.29, 1.82) is 0 Å². The predicted octanol–water partition coefficient (Wildman–Crippen LogP) is 3.34. The van der Waals surface area contributed by atoms with Crippen molar-refractivity contribution in [2.75, 3.05) is 31.1 Å². The number of anilines is 1. The molecule has 0 spiro atoms. The van der Waals surface area contributed by atoms with Gasteiger partial charge in [-0.3, -0.25) is 0 Å². The van der Waals surface area contributed by atoms with Crippen molar-refractivity contribution in [2.24, 2.45) is 11.8 Å². The van der Waals surface area contributed by atoms with Gasteiger partial charge in [0.25, 0.3) is 0 Å². The van der Waals surface area contributed by atoms with Gasteiger partial charge in [-0.25, -0.2) is 0 Å². The molecule has 4 rings (SSSR count). The van der Waals surface area contributed by atoms with Crippen LogP contribution in [0.2, 0.25) is 0 Å². The van der Waals surface area contributed by atoms with Crippen LogP contribution in [0, 0.1) is 11.8 Å². The van der Waals surface area contributed by atoms with Gasteiger partial charge in [-0.1, -0.05) is 0 Å². The molecule has 1 N–H and O–H groups in total. The second kappa shape index (κ2) is 4.80. The number of hydrogen-bond acceptors (Lipinski definition) is 3. The van der Waals surface area contributed by atoms with Gasteiger partial charge in [0.05, 0.1) is 0 Å². The van der Waals surface area contributed by atoms with Crippen molar-refractivity contribution in [3.05, 3.63) is 29.6 Å². The first-order valence-corrected chi connectivity index (χ1v) is 8.21. The van der Waals surface area contributed by atoms with Crippen LogP contribution in [0.4, 0.5) is 5.69 Å². The van der Waals surface area contributed by atoms with Gasteiger partial charge in [-0.2, -0.15) is 0 Å². The Bertz CT molecular complexity index is 563.